The Hall–Kier alpha value is -2.87. The van der Waals surface area contributed by atoms with Crippen molar-refractivity contribution in [3.8, 4) is 5.75 Å². The van der Waals surface area contributed by atoms with E-state index < -0.39 is 6.04 Å². The molecule has 1 atom stereocenters. The van der Waals surface area contributed by atoms with Gasteiger partial charge < -0.3 is 20.3 Å². The fraction of sp³-hybridized carbons (Fsp3) is 0.348. The quantitative estimate of drug-likeness (QED) is 0.618. The van der Waals surface area contributed by atoms with Crippen LogP contribution in [0.25, 0.3) is 0 Å². The second-order valence-corrected chi connectivity index (χ2v) is 8.64. The molecule has 3 rings (SSSR count). The van der Waals surface area contributed by atoms with Crippen molar-refractivity contribution in [3.63, 3.8) is 0 Å². The monoisotopic (exact) mass is 487 g/mol. The second kappa shape index (κ2) is 9.96. The molecule has 0 unspecified atom stereocenters. The van der Waals surface area contributed by atoms with Crippen LogP contribution in [0.3, 0.4) is 0 Å². The third-order valence-corrected chi connectivity index (χ3v) is 5.68. The Balaban J connectivity index is 1.73. The molecule has 2 aromatic rings. The molecule has 1 aliphatic heterocycles. The van der Waals surface area contributed by atoms with Gasteiger partial charge in [0, 0.05) is 34.8 Å². The second-order valence-electron chi connectivity index (χ2n) is 7.73. The first-order chi connectivity index (χ1) is 14.8. The van der Waals surface area contributed by atoms with Gasteiger partial charge in [-0.25, -0.2) is 0 Å². The lowest BCUT2D eigenvalue weighted by atomic mass is 10.0. The first kappa shape index (κ1) is 22.8. The summed E-state index contributed by atoms with van der Waals surface area (Å²) in [4.78, 5) is 39.3. The molecule has 31 heavy (non-hydrogen) atoms. The van der Waals surface area contributed by atoms with Crippen LogP contribution >= 0.6 is 15.9 Å². The van der Waals surface area contributed by atoms with Crippen LogP contribution in [0.15, 0.2) is 46.9 Å². The van der Waals surface area contributed by atoms with Crippen LogP contribution < -0.4 is 20.3 Å². The first-order valence-electron chi connectivity index (χ1n) is 10.2. The summed E-state index contributed by atoms with van der Waals surface area (Å²) in [5.41, 5.74) is 1.69. The number of amides is 3. The van der Waals surface area contributed by atoms with Crippen molar-refractivity contribution in [3.05, 3.63) is 52.5 Å². The van der Waals surface area contributed by atoms with Crippen molar-refractivity contribution in [2.75, 3.05) is 23.9 Å². The van der Waals surface area contributed by atoms with E-state index in [9.17, 15) is 14.4 Å². The lowest BCUT2D eigenvalue weighted by Crippen LogP contribution is -2.47. The Labute approximate surface area is 190 Å². The average molecular weight is 488 g/mol. The molecule has 164 valence electrons. The Bertz CT molecular complexity index is 975. The molecule has 7 nitrogen and oxygen atoms in total. The van der Waals surface area contributed by atoms with Gasteiger partial charge in [0.25, 0.3) is 5.91 Å². The number of benzene rings is 2. The molecular weight excluding hydrogens is 462 g/mol. The Kier molecular flexibility index (Phi) is 7.33. The Morgan fingerprint density at radius 2 is 1.84 bits per heavy atom. The van der Waals surface area contributed by atoms with Crippen LogP contribution in [0.4, 0.5) is 11.4 Å². The van der Waals surface area contributed by atoms with Crippen molar-refractivity contribution in [1.82, 2.24) is 5.32 Å². The molecule has 3 amide bonds. The van der Waals surface area contributed by atoms with Crippen LogP contribution in [0.1, 0.15) is 37.0 Å². The van der Waals surface area contributed by atoms with E-state index in [0.29, 0.717) is 35.7 Å². The number of halogens is 1. The number of carbonyl (C=O) groups is 3. The van der Waals surface area contributed by atoms with E-state index in [1.54, 1.807) is 47.4 Å². The minimum atomic E-state index is -0.720. The fourth-order valence-electron chi connectivity index (χ4n) is 3.46. The number of anilines is 2. The molecule has 1 heterocycles. The maximum Gasteiger partial charge on any atom is 0.251 e. The van der Waals surface area contributed by atoms with Gasteiger partial charge in [0.15, 0.2) is 0 Å². The van der Waals surface area contributed by atoms with Gasteiger partial charge in [-0.2, -0.15) is 0 Å². The largest absolute Gasteiger partial charge is 0.494 e. The Morgan fingerprint density at radius 1 is 1.13 bits per heavy atom. The van der Waals surface area contributed by atoms with E-state index in [-0.39, 0.29) is 23.6 Å². The molecule has 2 aromatic carbocycles. The summed E-state index contributed by atoms with van der Waals surface area (Å²) < 4.78 is 6.32. The number of ether oxygens (including phenoxy) is 1. The maximum atomic E-state index is 12.9. The number of rotatable bonds is 7. The molecule has 1 saturated heterocycles. The lowest BCUT2D eigenvalue weighted by Gasteiger charge is -2.23. The lowest BCUT2D eigenvalue weighted by molar-refractivity contribution is -0.119. The highest BCUT2D eigenvalue weighted by Crippen LogP contribution is 2.34. The summed E-state index contributed by atoms with van der Waals surface area (Å²) >= 11 is 3.34. The fourth-order valence-corrected chi connectivity index (χ4v) is 3.73. The van der Waals surface area contributed by atoms with E-state index in [1.165, 1.54) is 7.11 Å². The van der Waals surface area contributed by atoms with E-state index in [0.717, 1.165) is 10.9 Å². The van der Waals surface area contributed by atoms with Gasteiger partial charge >= 0.3 is 0 Å². The van der Waals surface area contributed by atoms with Gasteiger partial charge in [-0.15, -0.1) is 0 Å². The van der Waals surface area contributed by atoms with Gasteiger partial charge in [-0.1, -0.05) is 29.8 Å². The summed E-state index contributed by atoms with van der Waals surface area (Å²) in [5, 5.41) is 5.66. The van der Waals surface area contributed by atoms with Gasteiger partial charge in [0.05, 0.1) is 12.8 Å². The zero-order valence-corrected chi connectivity index (χ0v) is 19.4. The predicted molar refractivity (Wildman–Crippen MR) is 123 cm³/mol. The standard InChI is InChI=1S/C23H26BrN3O4/c1-14(2)21(26-22(29)15-6-8-16(24)9-7-15)23(30)25-17-10-11-18(19(13-17)31-3)27-12-4-5-20(27)28/h6-11,13-14,21H,4-5,12H2,1-3H3,(H,25,30)(H,26,29)/t21-/m1/s1. The number of carbonyl (C=O) groups excluding carboxylic acids is 3. The van der Waals surface area contributed by atoms with Crippen LogP contribution in [0.5, 0.6) is 5.75 Å². The summed E-state index contributed by atoms with van der Waals surface area (Å²) in [6.45, 7) is 4.39. The van der Waals surface area contributed by atoms with Gasteiger partial charge in [0.2, 0.25) is 11.8 Å². The van der Waals surface area contributed by atoms with Crippen LogP contribution in [0, 0.1) is 5.92 Å². The van der Waals surface area contributed by atoms with E-state index in [4.69, 9.17) is 4.74 Å². The highest BCUT2D eigenvalue weighted by molar-refractivity contribution is 9.10. The molecule has 0 aromatic heterocycles. The molecule has 1 aliphatic rings. The van der Waals surface area contributed by atoms with Gasteiger partial charge in [-0.05, 0) is 48.7 Å². The average Bonchev–Trinajstić information content (AvgIpc) is 3.17. The summed E-state index contributed by atoms with van der Waals surface area (Å²) in [6.07, 6.45) is 1.34. The Morgan fingerprint density at radius 3 is 2.42 bits per heavy atom. The normalized spacial score (nSPS) is 14.5. The molecule has 0 spiro atoms. The number of hydrogen-bond acceptors (Lipinski definition) is 4. The smallest absolute Gasteiger partial charge is 0.251 e. The minimum Gasteiger partial charge on any atom is -0.494 e. The molecule has 0 saturated carbocycles. The van der Waals surface area contributed by atoms with E-state index in [1.807, 2.05) is 13.8 Å². The van der Waals surface area contributed by atoms with Gasteiger partial charge in [0.1, 0.15) is 11.8 Å². The van der Waals surface area contributed by atoms with Crippen molar-refractivity contribution in [1.29, 1.82) is 0 Å². The summed E-state index contributed by atoms with van der Waals surface area (Å²) in [5.74, 6) is -0.198. The summed E-state index contributed by atoms with van der Waals surface area (Å²) in [7, 11) is 1.53. The first-order valence-corrected chi connectivity index (χ1v) is 10.9. The summed E-state index contributed by atoms with van der Waals surface area (Å²) in [6, 6.07) is 11.4. The van der Waals surface area contributed by atoms with Crippen LogP contribution in [-0.2, 0) is 9.59 Å². The maximum absolute atomic E-state index is 12.9. The number of nitrogens with zero attached hydrogens (tertiary/aromatic N) is 1. The van der Waals surface area contributed by atoms with Crippen LogP contribution in [0.2, 0.25) is 0 Å². The highest BCUT2D eigenvalue weighted by atomic mass is 79.9. The topological polar surface area (TPSA) is 87.7 Å². The molecule has 0 radical (unpaired) electrons. The number of hydrogen-bond donors (Lipinski definition) is 2. The molecule has 0 aliphatic carbocycles. The third kappa shape index (κ3) is 5.44. The molecular formula is C23H26BrN3O4. The molecule has 8 heteroatoms. The zero-order chi connectivity index (χ0) is 22.5. The highest BCUT2D eigenvalue weighted by Gasteiger charge is 2.27. The zero-order valence-electron chi connectivity index (χ0n) is 17.8. The van der Waals surface area contributed by atoms with E-state index >= 15 is 0 Å². The van der Waals surface area contributed by atoms with Crippen molar-refractivity contribution in [2.45, 2.75) is 32.7 Å². The molecule has 0 bridgehead atoms. The number of nitrogens with one attached hydrogen (secondary N) is 2. The van der Waals surface area contributed by atoms with Crippen LogP contribution in [-0.4, -0.2) is 37.4 Å². The van der Waals surface area contributed by atoms with Crippen molar-refractivity contribution in [2.24, 2.45) is 5.92 Å². The predicted octanol–water partition coefficient (Wildman–Crippen LogP) is 3.98. The van der Waals surface area contributed by atoms with Crippen molar-refractivity contribution < 1.29 is 19.1 Å². The minimum absolute atomic E-state index is 0.0608. The van der Waals surface area contributed by atoms with E-state index in [2.05, 4.69) is 26.6 Å². The van der Waals surface area contributed by atoms with Crippen molar-refractivity contribution >= 4 is 45.0 Å². The van der Waals surface area contributed by atoms with Gasteiger partial charge in [-0.3, -0.25) is 14.4 Å². The third-order valence-electron chi connectivity index (χ3n) is 5.15. The molecule has 2 N–H and O–H groups in total. The SMILES string of the molecule is COc1cc(NC(=O)[C@H](NC(=O)c2ccc(Br)cc2)C(C)C)ccc1N1CCCC1=O. The molecule has 1 fully saturated rings. The number of methoxy groups -OCH3 is 1.